The highest BCUT2D eigenvalue weighted by Crippen LogP contribution is 2.44. The van der Waals surface area contributed by atoms with Crippen molar-refractivity contribution in [2.24, 2.45) is 29.4 Å². The lowest BCUT2D eigenvalue weighted by molar-refractivity contribution is -0.144. The van der Waals surface area contributed by atoms with E-state index >= 15 is 0 Å². The number of rotatable bonds is 3. The number of hydrogen-bond donors (Lipinski definition) is 1. The van der Waals surface area contributed by atoms with Crippen LogP contribution in [0, 0.1) is 23.7 Å². The SMILES string of the molecule is CC1CC2C(=O)N(C(CN)C3CCCCC3)C(=O)C2C1. The Morgan fingerprint density at radius 2 is 1.65 bits per heavy atom. The number of nitrogens with two attached hydrogens (primary N) is 1. The van der Waals surface area contributed by atoms with Crippen LogP contribution in [0.2, 0.25) is 0 Å². The molecule has 0 aromatic carbocycles. The Morgan fingerprint density at radius 3 is 2.15 bits per heavy atom. The first kappa shape index (κ1) is 14.1. The largest absolute Gasteiger partial charge is 0.328 e. The third-order valence-corrected chi connectivity index (χ3v) is 5.67. The summed E-state index contributed by atoms with van der Waals surface area (Å²) in [4.78, 5) is 26.9. The minimum absolute atomic E-state index is 0.0452. The van der Waals surface area contributed by atoms with Crippen molar-refractivity contribution in [2.45, 2.75) is 57.9 Å². The van der Waals surface area contributed by atoms with Crippen LogP contribution >= 0.6 is 0 Å². The van der Waals surface area contributed by atoms with E-state index in [1.165, 1.54) is 19.3 Å². The van der Waals surface area contributed by atoms with Crippen molar-refractivity contribution in [2.75, 3.05) is 6.54 Å². The maximum Gasteiger partial charge on any atom is 0.233 e. The Bertz CT molecular complexity index is 379. The van der Waals surface area contributed by atoms with Crippen LogP contribution in [0.25, 0.3) is 0 Å². The van der Waals surface area contributed by atoms with Crippen molar-refractivity contribution < 1.29 is 9.59 Å². The van der Waals surface area contributed by atoms with Gasteiger partial charge in [0.05, 0.1) is 17.9 Å². The van der Waals surface area contributed by atoms with Gasteiger partial charge in [-0.2, -0.15) is 0 Å². The smallest absolute Gasteiger partial charge is 0.233 e. The normalized spacial score (nSPS) is 36.5. The zero-order chi connectivity index (χ0) is 14.3. The van der Waals surface area contributed by atoms with Crippen molar-refractivity contribution >= 4 is 11.8 Å². The van der Waals surface area contributed by atoms with Crippen LogP contribution in [0.3, 0.4) is 0 Å². The fourth-order valence-electron chi connectivity index (χ4n) is 4.66. The molecule has 2 N–H and O–H groups in total. The van der Waals surface area contributed by atoms with E-state index in [1.807, 2.05) is 0 Å². The van der Waals surface area contributed by atoms with E-state index in [0.29, 0.717) is 18.4 Å². The van der Waals surface area contributed by atoms with Gasteiger partial charge in [-0.3, -0.25) is 14.5 Å². The van der Waals surface area contributed by atoms with E-state index in [1.54, 1.807) is 4.90 Å². The van der Waals surface area contributed by atoms with Gasteiger partial charge in [0.1, 0.15) is 0 Å². The van der Waals surface area contributed by atoms with Gasteiger partial charge in [-0.1, -0.05) is 26.2 Å². The molecule has 0 radical (unpaired) electrons. The molecule has 4 heteroatoms. The van der Waals surface area contributed by atoms with Gasteiger partial charge in [-0.25, -0.2) is 0 Å². The summed E-state index contributed by atoms with van der Waals surface area (Å²) in [6.45, 7) is 2.57. The molecule has 3 aliphatic rings. The maximum atomic E-state index is 12.6. The zero-order valence-electron chi connectivity index (χ0n) is 12.4. The summed E-state index contributed by atoms with van der Waals surface area (Å²) in [5.41, 5.74) is 5.94. The average Bonchev–Trinajstić information content (AvgIpc) is 2.94. The maximum absolute atomic E-state index is 12.6. The van der Waals surface area contributed by atoms with Gasteiger partial charge in [-0.05, 0) is 37.5 Å². The predicted octanol–water partition coefficient (Wildman–Crippen LogP) is 1.93. The van der Waals surface area contributed by atoms with Gasteiger partial charge in [0.15, 0.2) is 0 Å². The predicted molar refractivity (Wildman–Crippen MR) is 76.6 cm³/mol. The molecule has 0 aromatic rings. The minimum Gasteiger partial charge on any atom is -0.328 e. The highest BCUT2D eigenvalue weighted by atomic mass is 16.2. The molecule has 112 valence electrons. The third-order valence-electron chi connectivity index (χ3n) is 5.67. The Labute approximate surface area is 121 Å². The summed E-state index contributed by atoms with van der Waals surface area (Å²) >= 11 is 0. The van der Waals surface area contributed by atoms with Crippen LogP contribution in [0.1, 0.15) is 51.9 Å². The van der Waals surface area contributed by atoms with E-state index in [-0.39, 0.29) is 29.7 Å². The molecule has 3 atom stereocenters. The first-order chi connectivity index (χ1) is 9.63. The van der Waals surface area contributed by atoms with Gasteiger partial charge in [-0.15, -0.1) is 0 Å². The number of likely N-dealkylation sites (tertiary alicyclic amines) is 1. The number of carbonyl (C=O) groups excluding carboxylic acids is 2. The van der Waals surface area contributed by atoms with Gasteiger partial charge < -0.3 is 5.73 Å². The van der Waals surface area contributed by atoms with Crippen LogP contribution in [-0.2, 0) is 9.59 Å². The fraction of sp³-hybridized carbons (Fsp3) is 0.875. The lowest BCUT2D eigenvalue weighted by atomic mass is 9.83. The first-order valence-electron chi connectivity index (χ1n) is 8.20. The van der Waals surface area contributed by atoms with Gasteiger partial charge >= 0.3 is 0 Å². The number of fused-ring (bicyclic) bond motifs is 1. The fourth-order valence-corrected chi connectivity index (χ4v) is 4.66. The van der Waals surface area contributed by atoms with Crippen LogP contribution < -0.4 is 5.73 Å². The summed E-state index contributed by atoms with van der Waals surface area (Å²) in [6, 6.07) is -0.0452. The second-order valence-electron chi connectivity index (χ2n) is 7.04. The monoisotopic (exact) mass is 278 g/mol. The number of imide groups is 1. The number of amides is 2. The average molecular weight is 278 g/mol. The summed E-state index contributed by atoms with van der Waals surface area (Å²) in [5.74, 6) is 0.991. The molecule has 0 aromatic heterocycles. The molecule has 1 saturated heterocycles. The molecule has 0 bridgehead atoms. The van der Waals surface area contributed by atoms with Crippen molar-refractivity contribution in [3.63, 3.8) is 0 Å². The minimum atomic E-state index is -0.0462. The van der Waals surface area contributed by atoms with Gasteiger partial charge in [0, 0.05) is 6.54 Å². The van der Waals surface area contributed by atoms with Crippen LogP contribution in [0.5, 0.6) is 0 Å². The van der Waals surface area contributed by atoms with Crippen LogP contribution in [0.4, 0.5) is 0 Å². The molecule has 3 rings (SSSR count). The number of carbonyl (C=O) groups is 2. The summed E-state index contributed by atoms with van der Waals surface area (Å²) in [7, 11) is 0. The molecule has 0 spiro atoms. The zero-order valence-corrected chi connectivity index (χ0v) is 12.4. The van der Waals surface area contributed by atoms with Gasteiger partial charge in [0.2, 0.25) is 11.8 Å². The molecule has 3 fully saturated rings. The van der Waals surface area contributed by atoms with E-state index in [2.05, 4.69) is 6.92 Å². The van der Waals surface area contributed by atoms with Gasteiger partial charge in [0.25, 0.3) is 0 Å². The topological polar surface area (TPSA) is 63.4 Å². The summed E-state index contributed by atoms with van der Waals surface area (Å²) in [6.07, 6.45) is 7.69. The molecule has 3 unspecified atom stereocenters. The highest BCUT2D eigenvalue weighted by molar-refractivity contribution is 6.05. The van der Waals surface area contributed by atoms with Crippen LogP contribution in [0.15, 0.2) is 0 Å². The van der Waals surface area contributed by atoms with Crippen molar-refractivity contribution in [1.82, 2.24) is 4.90 Å². The Balaban J connectivity index is 1.78. The molecular formula is C16H26N2O2. The second-order valence-corrected chi connectivity index (χ2v) is 7.04. The van der Waals surface area contributed by atoms with E-state index in [9.17, 15) is 9.59 Å². The molecule has 2 aliphatic carbocycles. The first-order valence-corrected chi connectivity index (χ1v) is 8.20. The van der Waals surface area contributed by atoms with E-state index in [4.69, 9.17) is 5.73 Å². The molecule has 20 heavy (non-hydrogen) atoms. The Morgan fingerprint density at radius 1 is 1.10 bits per heavy atom. The molecule has 4 nitrogen and oxygen atoms in total. The lowest BCUT2D eigenvalue weighted by Crippen LogP contribution is -2.50. The standard InChI is InChI=1S/C16H26N2O2/c1-10-7-12-13(8-10)16(20)18(15(12)19)14(9-17)11-5-3-2-4-6-11/h10-14H,2-9,17H2,1H3. The molecule has 2 amide bonds. The Hall–Kier alpha value is -0.900. The van der Waals surface area contributed by atoms with Crippen molar-refractivity contribution in [1.29, 1.82) is 0 Å². The molecule has 1 aliphatic heterocycles. The summed E-state index contributed by atoms with van der Waals surface area (Å²) < 4.78 is 0. The molecule has 2 saturated carbocycles. The summed E-state index contributed by atoms with van der Waals surface area (Å²) in [5, 5.41) is 0. The lowest BCUT2D eigenvalue weighted by Gasteiger charge is -2.35. The molecule has 1 heterocycles. The Kier molecular flexibility index (Phi) is 3.85. The number of hydrogen-bond acceptors (Lipinski definition) is 3. The number of nitrogens with zero attached hydrogens (tertiary/aromatic N) is 1. The van der Waals surface area contributed by atoms with Crippen molar-refractivity contribution in [3.05, 3.63) is 0 Å². The second kappa shape index (κ2) is 5.47. The third kappa shape index (κ3) is 2.18. The molecular weight excluding hydrogens is 252 g/mol. The van der Waals surface area contributed by atoms with E-state index in [0.717, 1.165) is 25.7 Å². The van der Waals surface area contributed by atoms with Crippen LogP contribution in [-0.4, -0.2) is 29.3 Å². The van der Waals surface area contributed by atoms with Crippen molar-refractivity contribution in [3.8, 4) is 0 Å². The quantitative estimate of drug-likeness (QED) is 0.802. The highest BCUT2D eigenvalue weighted by Gasteiger charge is 2.54. The van der Waals surface area contributed by atoms with E-state index < -0.39 is 0 Å².